The molecule has 0 aliphatic carbocycles. The summed E-state index contributed by atoms with van der Waals surface area (Å²) in [4.78, 5) is 29.0. The van der Waals surface area contributed by atoms with Gasteiger partial charge in [-0.25, -0.2) is 8.42 Å². The van der Waals surface area contributed by atoms with Crippen molar-refractivity contribution in [3.8, 4) is 5.75 Å². The largest absolute Gasteiger partial charge is 0.497 e. The molecule has 1 N–H and O–H groups in total. The van der Waals surface area contributed by atoms with E-state index in [0.717, 1.165) is 9.87 Å². The van der Waals surface area contributed by atoms with Crippen LogP contribution in [0.3, 0.4) is 0 Å². The summed E-state index contributed by atoms with van der Waals surface area (Å²) >= 11 is 12.4. The molecule has 0 aliphatic rings. The highest BCUT2D eigenvalue weighted by Crippen LogP contribution is 2.28. The van der Waals surface area contributed by atoms with E-state index in [-0.39, 0.29) is 29.1 Å². The van der Waals surface area contributed by atoms with E-state index in [9.17, 15) is 18.0 Å². The van der Waals surface area contributed by atoms with Crippen LogP contribution in [0.2, 0.25) is 10.0 Å². The molecule has 3 aromatic rings. The third-order valence-electron chi connectivity index (χ3n) is 6.97. The Morgan fingerprint density at radius 3 is 2.12 bits per heavy atom. The van der Waals surface area contributed by atoms with Crippen molar-refractivity contribution >= 4 is 50.7 Å². The molecule has 2 amide bonds. The molecule has 226 valence electrons. The van der Waals surface area contributed by atoms with E-state index in [4.69, 9.17) is 27.9 Å². The van der Waals surface area contributed by atoms with Crippen LogP contribution in [0, 0.1) is 6.92 Å². The maximum Gasteiger partial charge on any atom is 0.264 e. The lowest BCUT2D eigenvalue weighted by atomic mass is 10.1. The molecule has 3 aromatic carbocycles. The lowest BCUT2D eigenvalue weighted by Gasteiger charge is -2.33. The molecule has 0 aromatic heterocycles. The lowest BCUT2D eigenvalue weighted by Crippen LogP contribution is -2.53. The molecule has 42 heavy (non-hydrogen) atoms. The van der Waals surface area contributed by atoms with Crippen molar-refractivity contribution in [2.45, 2.75) is 64.1 Å². The zero-order valence-corrected chi connectivity index (χ0v) is 26.8. The van der Waals surface area contributed by atoms with Gasteiger partial charge in [-0.2, -0.15) is 0 Å². The number of carbonyl (C=O) groups excluding carboxylic acids is 2. The second kappa shape index (κ2) is 14.8. The van der Waals surface area contributed by atoms with Gasteiger partial charge in [-0.05, 0) is 80.8 Å². The first-order valence-corrected chi connectivity index (χ1v) is 15.9. The van der Waals surface area contributed by atoms with Crippen molar-refractivity contribution in [1.29, 1.82) is 0 Å². The van der Waals surface area contributed by atoms with Gasteiger partial charge in [0.2, 0.25) is 11.8 Å². The fourth-order valence-electron chi connectivity index (χ4n) is 4.31. The molecule has 0 heterocycles. The molecule has 11 heteroatoms. The topological polar surface area (TPSA) is 96.0 Å². The Morgan fingerprint density at radius 1 is 0.929 bits per heavy atom. The van der Waals surface area contributed by atoms with Gasteiger partial charge >= 0.3 is 0 Å². The zero-order valence-electron chi connectivity index (χ0n) is 24.4. The van der Waals surface area contributed by atoms with Crippen molar-refractivity contribution in [3.63, 3.8) is 0 Å². The predicted octanol–water partition coefficient (Wildman–Crippen LogP) is 6.23. The summed E-state index contributed by atoms with van der Waals surface area (Å²) in [7, 11) is -2.66. The Labute approximate surface area is 258 Å². The summed E-state index contributed by atoms with van der Waals surface area (Å²) in [6, 6.07) is 16.8. The number of carbonyl (C=O) groups is 2. The number of hydrogen-bond donors (Lipinski definition) is 1. The summed E-state index contributed by atoms with van der Waals surface area (Å²) in [6.45, 7) is 6.97. The second-order valence-electron chi connectivity index (χ2n) is 10.0. The van der Waals surface area contributed by atoms with Gasteiger partial charge in [0.05, 0.1) is 27.7 Å². The van der Waals surface area contributed by atoms with Crippen LogP contribution in [0.4, 0.5) is 5.69 Å². The lowest BCUT2D eigenvalue weighted by molar-refractivity contribution is -0.140. The molecule has 0 radical (unpaired) electrons. The zero-order chi connectivity index (χ0) is 31.0. The maximum absolute atomic E-state index is 14.2. The Bertz CT molecular complexity index is 1480. The van der Waals surface area contributed by atoms with Gasteiger partial charge in [-0.1, -0.05) is 60.8 Å². The molecule has 3 rings (SSSR count). The average Bonchev–Trinajstić information content (AvgIpc) is 2.97. The number of methoxy groups -OCH3 is 1. The number of nitrogens with one attached hydrogen (secondary N) is 1. The minimum atomic E-state index is -4.17. The van der Waals surface area contributed by atoms with E-state index >= 15 is 0 Å². The highest BCUT2D eigenvalue weighted by molar-refractivity contribution is 7.92. The molecular weight excluding hydrogens is 597 g/mol. The first kappa shape index (κ1) is 33.2. The highest BCUT2D eigenvalue weighted by atomic mass is 35.5. The highest BCUT2D eigenvalue weighted by Gasteiger charge is 2.34. The maximum atomic E-state index is 14.2. The van der Waals surface area contributed by atoms with Crippen LogP contribution in [-0.4, -0.2) is 50.9 Å². The second-order valence-corrected chi connectivity index (χ2v) is 12.7. The minimum Gasteiger partial charge on any atom is -0.497 e. The number of aryl methyl sites for hydroxylation is 1. The molecule has 0 saturated carbocycles. The molecule has 0 spiro atoms. The van der Waals surface area contributed by atoms with Crippen LogP contribution in [0.5, 0.6) is 5.75 Å². The summed E-state index contributed by atoms with van der Waals surface area (Å²) in [5.41, 5.74) is 1.81. The van der Waals surface area contributed by atoms with Crippen LogP contribution in [-0.2, 0) is 26.2 Å². The Balaban J connectivity index is 2.08. The van der Waals surface area contributed by atoms with Crippen molar-refractivity contribution in [3.05, 3.63) is 87.9 Å². The molecule has 0 fully saturated rings. The predicted molar refractivity (Wildman–Crippen MR) is 168 cm³/mol. The van der Waals surface area contributed by atoms with Crippen LogP contribution >= 0.6 is 23.2 Å². The van der Waals surface area contributed by atoms with Gasteiger partial charge < -0.3 is 15.0 Å². The first-order valence-electron chi connectivity index (χ1n) is 13.7. The Morgan fingerprint density at radius 2 is 1.57 bits per heavy atom. The number of sulfonamides is 1. The van der Waals surface area contributed by atoms with E-state index in [2.05, 4.69) is 5.32 Å². The Kier molecular flexibility index (Phi) is 11.7. The summed E-state index contributed by atoms with van der Waals surface area (Å²) in [5, 5.41) is 3.62. The number of rotatable bonds is 13. The first-order chi connectivity index (χ1) is 19.9. The van der Waals surface area contributed by atoms with Gasteiger partial charge in [-0.15, -0.1) is 0 Å². The van der Waals surface area contributed by atoms with Gasteiger partial charge in [0, 0.05) is 12.6 Å². The SMILES string of the molecule is CCC(C)NC(=O)C(CC)N(Cc1ccc(Cl)c(Cl)c1)C(=O)CN(c1ccc(OC)cc1)S(=O)(=O)c1ccc(C)cc1. The smallest absolute Gasteiger partial charge is 0.264 e. The van der Waals surface area contributed by atoms with Crippen molar-refractivity contribution in [2.75, 3.05) is 18.0 Å². The summed E-state index contributed by atoms with van der Waals surface area (Å²) in [6.07, 6.45) is 1.02. The molecule has 0 bridgehead atoms. The van der Waals surface area contributed by atoms with E-state index in [1.165, 1.54) is 24.1 Å². The fraction of sp³-hybridized carbons (Fsp3) is 0.355. The van der Waals surface area contributed by atoms with Gasteiger partial charge in [-0.3, -0.25) is 13.9 Å². The average molecular weight is 635 g/mol. The van der Waals surface area contributed by atoms with Crippen molar-refractivity contribution in [2.24, 2.45) is 0 Å². The fourth-order valence-corrected chi connectivity index (χ4v) is 6.04. The quantitative estimate of drug-likeness (QED) is 0.241. The number of hydrogen-bond acceptors (Lipinski definition) is 5. The summed E-state index contributed by atoms with van der Waals surface area (Å²) < 4.78 is 34.2. The minimum absolute atomic E-state index is 0.0171. The third-order valence-corrected chi connectivity index (χ3v) is 9.50. The van der Waals surface area contributed by atoms with E-state index < -0.39 is 28.5 Å². The standard InChI is InChI=1S/C31H37Cl2N3O5S/c1-6-22(4)34-31(38)29(7-2)35(19-23-10-17-27(32)28(33)18-23)30(37)20-36(24-11-13-25(41-5)14-12-24)42(39,40)26-15-8-21(3)9-16-26/h8-18,22,29H,6-7,19-20H2,1-5H3,(H,34,38). The van der Waals surface area contributed by atoms with E-state index in [1.54, 1.807) is 61.5 Å². The third kappa shape index (κ3) is 8.18. The van der Waals surface area contributed by atoms with Crippen LogP contribution in [0.1, 0.15) is 44.7 Å². The van der Waals surface area contributed by atoms with Gasteiger partial charge in [0.1, 0.15) is 18.3 Å². The number of ether oxygens (including phenoxy) is 1. The monoisotopic (exact) mass is 633 g/mol. The number of amides is 2. The van der Waals surface area contributed by atoms with Gasteiger partial charge in [0.25, 0.3) is 10.0 Å². The number of anilines is 1. The van der Waals surface area contributed by atoms with E-state index in [1.807, 2.05) is 20.8 Å². The molecule has 0 saturated heterocycles. The molecule has 2 unspecified atom stereocenters. The van der Waals surface area contributed by atoms with Crippen LogP contribution in [0.25, 0.3) is 0 Å². The van der Waals surface area contributed by atoms with Crippen molar-refractivity contribution < 1.29 is 22.7 Å². The van der Waals surface area contributed by atoms with Crippen molar-refractivity contribution in [1.82, 2.24) is 10.2 Å². The molecule has 0 aliphatic heterocycles. The molecular formula is C31H37Cl2N3O5S. The molecule has 2 atom stereocenters. The number of benzene rings is 3. The van der Waals surface area contributed by atoms with Gasteiger partial charge in [0.15, 0.2) is 0 Å². The van der Waals surface area contributed by atoms with E-state index in [0.29, 0.717) is 34.2 Å². The molecule has 8 nitrogen and oxygen atoms in total. The summed E-state index contributed by atoms with van der Waals surface area (Å²) in [5.74, 6) is -0.344. The Hall–Kier alpha value is -3.27. The van der Waals surface area contributed by atoms with Crippen LogP contribution in [0.15, 0.2) is 71.6 Å². The normalized spacial score (nSPS) is 12.7. The number of nitrogens with zero attached hydrogens (tertiary/aromatic N) is 2. The van der Waals surface area contributed by atoms with Crippen LogP contribution < -0.4 is 14.4 Å². The number of halogens is 2.